The van der Waals surface area contributed by atoms with Crippen LogP contribution in [0.1, 0.15) is 0 Å². The van der Waals surface area contributed by atoms with Crippen LogP contribution in [0.3, 0.4) is 0 Å². The number of benzene rings is 2. The van der Waals surface area contributed by atoms with Crippen LogP contribution in [0.2, 0.25) is 0 Å². The van der Waals surface area contributed by atoms with Crippen molar-refractivity contribution in [3.8, 4) is 17.2 Å². The maximum atomic E-state index is 11.8. The van der Waals surface area contributed by atoms with Crippen LogP contribution in [0.15, 0.2) is 46.9 Å². The number of ether oxygens (including phenoxy) is 3. The summed E-state index contributed by atoms with van der Waals surface area (Å²) in [5.74, 6) is 1.63. The second-order valence-electron chi connectivity index (χ2n) is 4.36. The number of anilines is 1. The van der Waals surface area contributed by atoms with Crippen LogP contribution in [-0.4, -0.2) is 19.3 Å². The Morgan fingerprint density at radius 2 is 2.05 bits per heavy atom. The molecule has 6 heteroatoms. The number of hydrogen-bond acceptors (Lipinski definition) is 4. The fourth-order valence-corrected chi connectivity index (χ4v) is 2.28. The van der Waals surface area contributed by atoms with E-state index in [0.717, 1.165) is 4.47 Å². The molecular formula is C15H12BrNO4. The predicted octanol–water partition coefficient (Wildman–Crippen LogP) is 3.20. The van der Waals surface area contributed by atoms with Crippen molar-refractivity contribution < 1.29 is 19.0 Å². The molecule has 0 saturated carbocycles. The molecule has 0 unspecified atom stereocenters. The summed E-state index contributed by atoms with van der Waals surface area (Å²) in [6.45, 7) is 0.133. The molecule has 0 atom stereocenters. The predicted molar refractivity (Wildman–Crippen MR) is 80.8 cm³/mol. The molecule has 0 aromatic heterocycles. The third-order valence-electron chi connectivity index (χ3n) is 2.82. The van der Waals surface area contributed by atoms with Gasteiger partial charge in [-0.05, 0) is 30.3 Å². The van der Waals surface area contributed by atoms with Crippen LogP contribution in [0.25, 0.3) is 0 Å². The molecule has 1 N–H and O–H groups in total. The van der Waals surface area contributed by atoms with Gasteiger partial charge in [0.2, 0.25) is 6.79 Å². The molecule has 0 bridgehead atoms. The average molecular weight is 350 g/mol. The van der Waals surface area contributed by atoms with Gasteiger partial charge in [-0.2, -0.15) is 0 Å². The van der Waals surface area contributed by atoms with Gasteiger partial charge in [-0.25, -0.2) is 0 Å². The van der Waals surface area contributed by atoms with Crippen molar-refractivity contribution in [2.75, 3.05) is 18.7 Å². The molecule has 0 radical (unpaired) electrons. The molecule has 1 aliphatic heterocycles. The molecule has 5 nitrogen and oxygen atoms in total. The number of nitrogens with one attached hydrogen (secondary N) is 1. The van der Waals surface area contributed by atoms with Gasteiger partial charge in [-0.3, -0.25) is 4.79 Å². The van der Waals surface area contributed by atoms with Gasteiger partial charge in [0.05, 0.1) is 0 Å². The molecule has 2 aromatic rings. The van der Waals surface area contributed by atoms with Crippen LogP contribution in [0.5, 0.6) is 17.2 Å². The van der Waals surface area contributed by atoms with Crippen molar-refractivity contribution in [1.29, 1.82) is 0 Å². The van der Waals surface area contributed by atoms with Gasteiger partial charge in [0.25, 0.3) is 5.91 Å². The quantitative estimate of drug-likeness (QED) is 0.920. The number of hydrogen-bond donors (Lipinski definition) is 1. The van der Waals surface area contributed by atoms with E-state index >= 15 is 0 Å². The molecule has 21 heavy (non-hydrogen) atoms. The van der Waals surface area contributed by atoms with E-state index in [9.17, 15) is 4.79 Å². The van der Waals surface area contributed by atoms with Crippen LogP contribution in [0, 0.1) is 0 Å². The van der Waals surface area contributed by atoms with Gasteiger partial charge in [0, 0.05) is 16.2 Å². The molecule has 1 aliphatic rings. The fraction of sp³-hybridized carbons (Fsp3) is 0.133. The SMILES string of the molecule is O=C(COc1ccc2c(c1)OCO2)Nc1cccc(Br)c1. The monoisotopic (exact) mass is 349 g/mol. The Morgan fingerprint density at radius 1 is 1.19 bits per heavy atom. The second-order valence-corrected chi connectivity index (χ2v) is 5.28. The molecule has 1 heterocycles. The van der Waals surface area contributed by atoms with Gasteiger partial charge < -0.3 is 19.5 Å². The van der Waals surface area contributed by atoms with Crippen molar-refractivity contribution in [3.05, 3.63) is 46.9 Å². The first kappa shape index (κ1) is 13.8. The summed E-state index contributed by atoms with van der Waals surface area (Å²) in [5, 5.41) is 2.76. The summed E-state index contributed by atoms with van der Waals surface area (Å²) in [6.07, 6.45) is 0. The van der Waals surface area contributed by atoms with E-state index in [-0.39, 0.29) is 19.3 Å². The molecular weight excluding hydrogens is 338 g/mol. The van der Waals surface area contributed by atoms with Crippen LogP contribution < -0.4 is 19.5 Å². The van der Waals surface area contributed by atoms with Gasteiger partial charge >= 0.3 is 0 Å². The minimum Gasteiger partial charge on any atom is -0.484 e. The first-order valence-corrected chi connectivity index (χ1v) is 7.08. The summed E-state index contributed by atoms with van der Waals surface area (Å²) in [4.78, 5) is 11.8. The normalized spacial score (nSPS) is 12.0. The van der Waals surface area contributed by atoms with Crippen molar-refractivity contribution in [1.82, 2.24) is 0 Å². The Morgan fingerprint density at radius 3 is 2.90 bits per heavy atom. The van der Waals surface area contributed by atoms with Crippen molar-refractivity contribution in [2.24, 2.45) is 0 Å². The van der Waals surface area contributed by atoms with Crippen molar-refractivity contribution in [3.63, 3.8) is 0 Å². The lowest BCUT2D eigenvalue weighted by Gasteiger charge is -2.08. The largest absolute Gasteiger partial charge is 0.484 e. The van der Waals surface area contributed by atoms with E-state index in [1.807, 2.05) is 24.3 Å². The fourth-order valence-electron chi connectivity index (χ4n) is 1.88. The second kappa shape index (κ2) is 6.05. The highest BCUT2D eigenvalue weighted by atomic mass is 79.9. The molecule has 0 aliphatic carbocycles. The maximum Gasteiger partial charge on any atom is 0.262 e. The lowest BCUT2D eigenvalue weighted by Crippen LogP contribution is -2.20. The summed E-state index contributed by atoms with van der Waals surface area (Å²) in [5.41, 5.74) is 0.712. The highest BCUT2D eigenvalue weighted by Crippen LogP contribution is 2.35. The third kappa shape index (κ3) is 3.46. The Bertz CT molecular complexity index is 674. The smallest absolute Gasteiger partial charge is 0.262 e. The summed E-state index contributed by atoms with van der Waals surface area (Å²) < 4.78 is 16.8. The van der Waals surface area contributed by atoms with Crippen LogP contribution in [0.4, 0.5) is 5.69 Å². The Kier molecular flexibility index (Phi) is 3.96. The molecule has 3 rings (SSSR count). The zero-order chi connectivity index (χ0) is 14.7. The van der Waals surface area contributed by atoms with Crippen LogP contribution in [-0.2, 0) is 4.79 Å². The lowest BCUT2D eigenvalue weighted by molar-refractivity contribution is -0.118. The summed E-state index contributed by atoms with van der Waals surface area (Å²) in [7, 11) is 0. The first-order chi connectivity index (χ1) is 10.2. The minimum absolute atomic E-state index is 0.0772. The molecule has 108 valence electrons. The topological polar surface area (TPSA) is 56.8 Å². The van der Waals surface area contributed by atoms with E-state index in [1.165, 1.54) is 0 Å². The highest BCUT2D eigenvalue weighted by Gasteiger charge is 2.14. The number of carbonyl (C=O) groups excluding carboxylic acids is 1. The number of carbonyl (C=O) groups is 1. The van der Waals surface area contributed by atoms with E-state index in [1.54, 1.807) is 18.2 Å². The molecule has 0 saturated heterocycles. The first-order valence-electron chi connectivity index (χ1n) is 6.28. The molecule has 1 amide bonds. The molecule has 0 spiro atoms. The molecule has 2 aromatic carbocycles. The highest BCUT2D eigenvalue weighted by molar-refractivity contribution is 9.10. The number of amides is 1. The van der Waals surface area contributed by atoms with Crippen molar-refractivity contribution >= 4 is 27.5 Å². The average Bonchev–Trinajstić information content (AvgIpc) is 2.92. The van der Waals surface area contributed by atoms with Gasteiger partial charge in [-0.1, -0.05) is 22.0 Å². The lowest BCUT2D eigenvalue weighted by atomic mass is 10.3. The van der Waals surface area contributed by atoms with Crippen molar-refractivity contribution in [2.45, 2.75) is 0 Å². The van der Waals surface area contributed by atoms with E-state index in [4.69, 9.17) is 14.2 Å². The standard InChI is InChI=1S/C15H12BrNO4/c16-10-2-1-3-11(6-10)17-15(18)8-19-12-4-5-13-14(7-12)21-9-20-13/h1-7H,8-9H2,(H,17,18). The third-order valence-corrected chi connectivity index (χ3v) is 3.32. The van der Waals surface area contributed by atoms with Gasteiger partial charge in [0.1, 0.15) is 5.75 Å². The summed E-state index contributed by atoms with van der Waals surface area (Å²) >= 11 is 3.35. The van der Waals surface area contributed by atoms with E-state index in [0.29, 0.717) is 22.9 Å². The Balaban J connectivity index is 1.56. The number of halogens is 1. The van der Waals surface area contributed by atoms with E-state index < -0.39 is 0 Å². The van der Waals surface area contributed by atoms with Crippen LogP contribution >= 0.6 is 15.9 Å². The van der Waals surface area contributed by atoms with Gasteiger partial charge in [0.15, 0.2) is 18.1 Å². The Labute approximate surface area is 129 Å². The van der Waals surface area contributed by atoms with Gasteiger partial charge in [-0.15, -0.1) is 0 Å². The molecule has 0 fully saturated rings. The summed E-state index contributed by atoms with van der Waals surface area (Å²) in [6, 6.07) is 12.6. The maximum absolute atomic E-state index is 11.8. The number of rotatable bonds is 4. The Hall–Kier alpha value is -2.21. The number of fused-ring (bicyclic) bond motifs is 1. The van der Waals surface area contributed by atoms with E-state index in [2.05, 4.69) is 21.2 Å². The zero-order valence-electron chi connectivity index (χ0n) is 11.0. The zero-order valence-corrected chi connectivity index (χ0v) is 12.6. The minimum atomic E-state index is -0.231.